The van der Waals surface area contributed by atoms with Crippen molar-refractivity contribution in [2.24, 2.45) is 5.73 Å². The molecule has 0 radical (unpaired) electrons. The minimum Gasteiger partial charge on any atom is -0.343 e. The first-order valence-electron chi connectivity index (χ1n) is 6.11. The summed E-state index contributed by atoms with van der Waals surface area (Å²) in [6.07, 6.45) is 1.58. The molecule has 0 unspecified atom stereocenters. The molecule has 1 heterocycles. The maximum atomic E-state index is 11.1. The van der Waals surface area contributed by atoms with E-state index in [-0.39, 0.29) is 5.69 Å². The van der Waals surface area contributed by atoms with Gasteiger partial charge in [0.1, 0.15) is 0 Å². The fourth-order valence-corrected chi connectivity index (χ4v) is 1.83. The maximum absolute atomic E-state index is 11.1. The van der Waals surface area contributed by atoms with Crippen LogP contribution in [0.3, 0.4) is 0 Å². The van der Waals surface area contributed by atoms with Gasteiger partial charge in [-0.15, -0.1) is 0 Å². The highest BCUT2D eigenvalue weighted by atomic mass is 16.6. The Kier molecular flexibility index (Phi) is 4.21. The number of para-hydroxylation sites is 1. The highest BCUT2D eigenvalue weighted by Crippen LogP contribution is 2.28. The molecule has 7 heteroatoms. The van der Waals surface area contributed by atoms with E-state index in [1.165, 1.54) is 6.07 Å². The van der Waals surface area contributed by atoms with Crippen LogP contribution in [0, 0.1) is 10.1 Å². The van der Waals surface area contributed by atoms with E-state index in [2.05, 4.69) is 9.97 Å². The number of nitrogens with zero attached hydrogens (tertiary/aromatic N) is 4. The van der Waals surface area contributed by atoms with E-state index in [9.17, 15) is 10.1 Å². The van der Waals surface area contributed by atoms with E-state index in [1.807, 2.05) is 7.05 Å². The quantitative estimate of drug-likeness (QED) is 0.654. The average Bonchev–Trinajstić information content (AvgIpc) is 2.47. The zero-order valence-electron chi connectivity index (χ0n) is 11.1. The Morgan fingerprint density at radius 2 is 2.10 bits per heavy atom. The van der Waals surface area contributed by atoms with Crippen molar-refractivity contribution in [3.8, 4) is 11.3 Å². The Labute approximate surface area is 116 Å². The van der Waals surface area contributed by atoms with Gasteiger partial charge in [-0.3, -0.25) is 10.1 Å². The van der Waals surface area contributed by atoms with Gasteiger partial charge in [0.05, 0.1) is 16.2 Å². The van der Waals surface area contributed by atoms with Crippen molar-refractivity contribution in [2.45, 2.75) is 0 Å². The zero-order valence-corrected chi connectivity index (χ0v) is 11.1. The standard InChI is InChI=1S/C13H15N5O2/c1-17(9-7-14)13-15-8-6-11(16-13)10-4-2-3-5-12(10)18(19)20/h2-6,8H,7,9,14H2,1H3. The van der Waals surface area contributed by atoms with Crippen LogP contribution < -0.4 is 10.6 Å². The zero-order chi connectivity index (χ0) is 14.5. The van der Waals surface area contributed by atoms with Gasteiger partial charge in [0, 0.05) is 32.4 Å². The Balaban J connectivity index is 2.44. The number of nitrogens with two attached hydrogens (primary N) is 1. The van der Waals surface area contributed by atoms with Gasteiger partial charge in [-0.25, -0.2) is 9.97 Å². The summed E-state index contributed by atoms with van der Waals surface area (Å²) < 4.78 is 0. The Hall–Kier alpha value is -2.54. The second kappa shape index (κ2) is 6.07. The second-order valence-electron chi connectivity index (χ2n) is 4.23. The van der Waals surface area contributed by atoms with Gasteiger partial charge in [0.2, 0.25) is 5.95 Å². The summed E-state index contributed by atoms with van der Waals surface area (Å²) in [7, 11) is 1.82. The molecule has 0 fully saturated rings. The van der Waals surface area contributed by atoms with Gasteiger partial charge in [0.15, 0.2) is 0 Å². The monoisotopic (exact) mass is 273 g/mol. The third-order valence-corrected chi connectivity index (χ3v) is 2.83. The highest BCUT2D eigenvalue weighted by molar-refractivity contribution is 5.70. The van der Waals surface area contributed by atoms with Crippen LogP contribution in [0.4, 0.5) is 11.6 Å². The van der Waals surface area contributed by atoms with Crippen LogP contribution in [0.1, 0.15) is 0 Å². The molecule has 0 atom stereocenters. The summed E-state index contributed by atoms with van der Waals surface area (Å²) >= 11 is 0. The van der Waals surface area contributed by atoms with Crippen molar-refractivity contribution in [3.05, 3.63) is 46.6 Å². The molecular formula is C13H15N5O2. The van der Waals surface area contributed by atoms with Gasteiger partial charge in [-0.05, 0) is 12.1 Å². The van der Waals surface area contributed by atoms with Gasteiger partial charge in [-0.1, -0.05) is 12.1 Å². The van der Waals surface area contributed by atoms with E-state index in [1.54, 1.807) is 35.4 Å². The van der Waals surface area contributed by atoms with Crippen LogP contribution in [0.25, 0.3) is 11.3 Å². The van der Waals surface area contributed by atoms with E-state index in [0.29, 0.717) is 30.3 Å². The Morgan fingerprint density at radius 1 is 1.35 bits per heavy atom. The predicted molar refractivity (Wildman–Crippen MR) is 76.4 cm³/mol. The van der Waals surface area contributed by atoms with Crippen LogP contribution in [-0.4, -0.2) is 35.0 Å². The molecule has 1 aromatic heterocycles. The van der Waals surface area contributed by atoms with Gasteiger partial charge >= 0.3 is 0 Å². The molecule has 0 aliphatic heterocycles. The SMILES string of the molecule is CN(CCN)c1nccc(-c2ccccc2[N+](=O)[O-])n1. The van der Waals surface area contributed by atoms with Crippen LogP contribution in [-0.2, 0) is 0 Å². The summed E-state index contributed by atoms with van der Waals surface area (Å²) in [6.45, 7) is 1.09. The van der Waals surface area contributed by atoms with Gasteiger partial charge in [-0.2, -0.15) is 0 Å². The third kappa shape index (κ3) is 2.89. The highest BCUT2D eigenvalue weighted by Gasteiger charge is 2.16. The van der Waals surface area contributed by atoms with Crippen molar-refractivity contribution >= 4 is 11.6 Å². The number of benzene rings is 1. The number of aromatic nitrogens is 2. The summed E-state index contributed by atoms with van der Waals surface area (Å²) in [5.74, 6) is 0.492. The smallest absolute Gasteiger partial charge is 0.278 e. The number of anilines is 1. The normalized spacial score (nSPS) is 10.3. The lowest BCUT2D eigenvalue weighted by molar-refractivity contribution is -0.384. The summed E-state index contributed by atoms with van der Waals surface area (Å²) in [5.41, 5.74) is 6.51. The van der Waals surface area contributed by atoms with E-state index >= 15 is 0 Å². The second-order valence-corrected chi connectivity index (χ2v) is 4.23. The molecule has 2 N–H and O–H groups in total. The van der Waals surface area contributed by atoms with Crippen LogP contribution in [0.2, 0.25) is 0 Å². The number of hydrogen-bond acceptors (Lipinski definition) is 6. The van der Waals surface area contributed by atoms with E-state index in [0.717, 1.165) is 0 Å². The first-order chi connectivity index (χ1) is 9.63. The molecule has 0 aliphatic rings. The molecular weight excluding hydrogens is 258 g/mol. The topological polar surface area (TPSA) is 98.2 Å². The molecule has 0 aliphatic carbocycles. The molecule has 1 aromatic carbocycles. The molecule has 7 nitrogen and oxygen atoms in total. The average molecular weight is 273 g/mol. The minimum absolute atomic E-state index is 0.0265. The lowest BCUT2D eigenvalue weighted by Gasteiger charge is -2.16. The van der Waals surface area contributed by atoms with Crippen LogP contribution >= 0.6 is 0 Å². The van der Waals surface area contributed by atoms with E-state index < -0.39 is 4.92 Å². The molecule has 0 saturated carbocycles. The molecule has 0 amide bonds. The fraction of sp³-hybridized carbons (Fsp3) is 0.231. The molecule has 0 bridgehead atoms. The number of nitro benzene ring substituents is 1. The predicted octanol–water partition coefficient (Wildman–Crippen LogP) is 1.45. The lowest BCUT2D eigenvalue weighted by atomic mass is 10.1. The number of nitro groups is 1. The number of hydrogen-bond donors (Lipinski definition) is 1. The lowest BCUT2D eigenvalue weighted by Crippen LogP contribution is -2.26. The van der Waals surface area contributed by atoms with Crippen molar-refractivity contribution in [3.63, 3.8) is 0 Å². The Morgan fingerprint density at radius 3 is 2.80 bits per heavy atom. The molecule has 104 valence electrons. The van der Waals surface area contributed by atoms with Crippen LogP contribution in [0.15, 0.2) is 36.5 Å². The van der Waals surface area contributed by atoms with E-state index in [4.69, 9.17) is 5.73 Å². The summed E-state index contributed by atoms with van der Waals surface area (Å²) in [5, 5.41) is 11.1. The molecule has 2 rings (SSSR count). The molecule has 0 spiro atoms. The first-order valence-corrected chi connectivity index (χ1v) is 6.11. The first kappa shape index (κ1) is 13.9. The largest absolute Gasteiger partial charge is 0.343 e. The van der Waals surface area contributed by atoms with Crippen molar-refractivity contribution in [1.29, 1.82) is 0 Å². The van der Waals surface area contributed by atoms with Gasteiger partial charge in [0.25, 0.3) is 5.69 Å². The third-order valence-electron chi connectivity index (χ3n) is 2.83. The number of rotatable bonds is 5. The minimum atomic E-state index is -0.416. The fourth-order valence-electron chi connectivity index (χ4n) is 1.83. The molecule has 0 saturated heterocycles. The summed E-state index contributed by atoms with van der Waals surface area (Å²) in [4.78, 5) is 20.9. The number of likely N-dealkylation sites (N-methyl/N-ethyl adjacent to an activating group) is 1. The maximum Gasteiger partial charge on any atom is 0.278 e. The molecule has 20 heavy (non-hydrogen) atoms. The molecule has 2 aromatic rings. The van der Waals surface area contributed by atoms with Crippen molar-refractivity contribution in [2.75, 3.05) is 25.0 Å². The van der Waals surface area contributed by atoms with Crippen LogP contribution in [0.5, 0.6) is 0 Å². The van der Waals surface area contributed by atoms with Crippen molar-refractivity contribution in [1.82, 2.24) is 9.97 Å². The van der Waals surface area contributed by atoms with Gasteiger partial charge < -0.3 is 10.6 Å². The Bertz CT molecular complexity index is 617. The van der Waals surface area contributed by atoms with Crippen molar-refractivity contribution < 1.29 is 4.92 Å². The summed E-state index contributed by atoms with van der Waals surface area (Å²) in [6, 6.07) is 8.16.